The van der Waals surface area contributed by atoms with Gasteiger partial charge in [0.05, 0.1) is 5.56 Å². The van der Waals surface area contributed by atoms with Gasteiger partial charge in [0.25, 0.3) is 0 Å². The van der Waals surface area contributed by atoms with E-state index in [0.29, 0.717) is 5.89 Å². The maximum absolute atomic E-state index is 10.4. The van der Waals surface area contributed by atoms with Crippen LogP contribution in [0.3, 0.4) is 0 Å². The van der Waals surface area contributed by atoms with Crippen LogP contribution in [0.2, 0.25) is 0 Å². The number of halogens is 2. The molecule has 1 N–H and O–H groups in total. The molecule has 0 atom stereocenters. The van der Waals surface area contributed by atoms with Gasteiger partial charge in [-0.3, -0.25) is 0 Å². The van der Waals surface area contributed by atoms with E-state index in [0.717, 1.165) is 19.7 Å². The zero-order valence-electron chi connectivity index (χ0n) is 8.80. The molecule has 7 heteroatoms. The fourth-order valence-electron chi connectivity index (χ4n) is 1.21. The van der Waals surface area contributed by atoms with Crippen molar-refractivity contribution >= 4 is 50.6 Å². The van der Waals surface area contributed by atoms with Crippen LogP contribution in [0.15, 0.2) is 33.2 Å². The van der Waals surface area contributed by atoms with Gasteiger partial charge in [0.2, 0.25) is 11.8 Å². The molecule has 1 aromatic carbocycles. The van der Waals surface area contributed by atoms with Crippen molar-refractivity contribution in [2.45, 2.75) is 0 Å². The minimum Gasteiger partial charge on any atom is -0.478 e. The van der Waals surface area contributed by atoms with Crippen molar-refractivity contribution in [3.63, 3.8) is 0 Å². The molecule has 0 aliphatic carbocycles. The number of carbonyl (C=O) groups is 1. The standard InChI is InChI=1S/C11H6BrIN2O3/c12-6-1-2-8(13)7(5-6)11-15-14-9(18-11)3-4-10(16)17/h1-5H,(H,16,17)/b4-3+. The van der Waals surface area contributed by atoms with Crippen molar-refractivity contribution in [2.75, 3.05) is 0 Å². The third-order valence-electron chi connectivity index (χ3n) is 1.97. The Kier molecular flexibility index (Phi) is 4.12. The minimum atomic E-state index is -1.06. The summed E-state index contributed by atoms with van der Waals surface area (Å²) in [6, 6.07) is 5.68. The van der Waals surface area contributed by atoms with Crippen LogP contribution in [-0.4, -0.2) is 21.3 Å². The van der Waals surface area contributed by atoms with Crippen LogP contribution in [0, 0.1) is 3.57 Å². The van der Waals surface area contributed by atoms with E-state index < -0.39 is 5.97 Å². The van der Waals surface area contributed by atoms with Crippen LogP contribution in [0.4, 0.5) is 0 Å². The van der Waals surface area contributed by atoms with Crippen molar-refractivity contribution in [2.24, 2.45) is 0 Å². The summed E-state index contributed by atoms with van der Waals surface area (Å²) in [5, 5.41) is 16.1. The van der Waals surface area contributed by atoms with Crippen LogP contribution >= 0.6 is 38.5 Å². The highest BCUT2D eigenvalue weighted by Crippen LogP contribution is 2.27. The topological polar surface area (TPSA) is 76.2 Å². The van der Waals surface area contributed by atoms with E-state index in [9.17, 15) is 4.79 Å². The van der Waals surface area contributed by atoms with Crippen molar-refractivity contribution in [1.82, 2.24) is 10.2 Å². The van der Waals surface area contributed by atoms with Gasteiger partial charge < -0.3 is 9.52 Å². The fraction of sp³-hybridized carbons (Fsp3) is 0. The normalized spacial score (nSPS) is 11.0. The summed E-state index contributed by atoms with van der Waals surface area (Å²) in [5.41, 5.74) is 0.799. The van der Waals surface area contributed by atoms with Crippen molar-refractivity contribution in [3.05, 3.63) is 38.2 Å². The van der Waals surface area contributed by atoms with Crippen LogP contribution in [0.1, 0.15) is 5.89 Å². The molecule has 0 radical (unpaired) electrons. The van der Waals surface area contributed by atoms with Gasteiger partial charge in [0, 0.05) is 20.2 Å². The average molecular weight is 421 g/mol. The SMILES string of the molecule is O=C(O)/C=C/c1nnc(-c2cc(Br)ccc2I)o1. The number of aliphatic carboxylic acids is 1. The van der Waals surface area contributed by atoms with E-state index in [-0.39, 0.29) is 5.89 Å². The van der Waals surface area contributed by atoms with Crippen molar-refractivity contribution in [3.8, 4) is 11.5 Å². The quantitative estimate of drug-likeness (QED) is 0.609. The lowest BCUT2D eigenvalue weighted by Gasteiger charge is -1.99. The number of hydrogen-bond acceptors (Lipinski definition) is 4. The molecule has 92 valence electrons. The Morgan fingerprint density at radius 3 is 2.94 bits per heavy atom. The minimum absolute atomic E-state index is 0.156. The summed E-state index contributed by atoms with van der Waals surface area (Å²) in [6.45, 7) is 0. The zero-order valence-corrected chi connectivity index (χ0v) is 12.5. The number of benzene rings is 1. The van der Waals surface area contributed by atoms with Gasteiger partial charge in [-0.05, 0) is 40.8 Å². The summed E-state index contributed by atoms with van der Waals surface area (Å²) in [7, 11) is 0. The van der Waals surface area contributed by atoms with Crippen LogP contribution in [-0.2, 0) is 4.79 Å². The summed E-state index contributed by atoms with van der Waals surface area (Å²) >= 11 is 5.53. The highest BCUT2D eigenvalue weighted by atomic mass is 127. The van der Waals surface area contributed by atoms with Gasteiger partial charge in [0.1, 0.15) is 0 Å². The van der Waals surface area contributed by atoms with Crippen LogP contribution in [0.5, 0.6) is 0 Å². The molecule has 0 fully saturated rings. The highest BCUT2D eigenvalue weighted by Gasteiger charge is 2.11. The number of carboxylic acid groups (broad SMARTS) is 1. The zero-order chi connectivity index (χ0) is 13.1. The molecule has 1 aromatic heterocycles. The van der Waals surface area contributed by atoms with Gasteiger partial charge in [0.15, 0.2) is 0 Å². The molecule has 0 spiro atoms. The number of hydrogen-bond donors (Lipinski definition) is 1. The van der Waals surface area contributed by atoms with Crippen molar-refractivity contribution in [1.29, 1.82) is 0 Å². The van der Waals surface area contributed by atoms with E-state index in [2.05, 4.69) is 48.7 Å². The number of rotatable bonds is 3. The number of carboxylic acids is 1. The van der Waals surface area contributed by atoms with Gasteiger partial charge >= 0.3 is 5.97 Å². The Labute approximate surface area is 124 Å². The fourth-order valence-corrected chi connectivity index (χ4v) is 2.14. The maximum atomic E-state index is 10.4. The molecule has 0 aliphatic rings. The smallest absolute Gasteiger partial charge is 0.328 e. The second-order valence-electron chi connectivity index (χ2n) is 3.24. The van der Waals surface area contributed by atoms with Gasteiger partial charge in [-0.25, -0.2) is 4.79 Å². The average Bonchev–Trinajstić information content (AvgIpc) is 2.78. The summed E-state index contributed by atoms with van der Waals surface area (Å²) < 4.78 is 7.23. The summed E-state index contributed by atoms with van der Waals surface area (Å²) in [5.74, 6) is -0.555. The molecule has 0 bridgehead atoms. The predicted molar refractivity (Wildman–Crippen MR) is 76.8 cm³/mol. The van der Waals surface area contributed by atoms with E-state index in [1.807, 2.05) is 18.2 Å². The van der Waals surface area contributed by atoms with E-state index in [1.54, 1.807) is 0 Å². The Bertz CT molecular complexity index is 625. The van der Waals surface area contributed by atoms with Gasteiger partial charge in [-0.15, -0.1) is 10.2 Å². The number of aromatic nitrogens is 2. The Hall–Kier alpha value is -1.22. The van der Waals surface area contributed by atoms with Gasteiger partial charge in [-0.2, -0.15) is 0 Å². The molecule has 18 heavy (non-hydrogen) atoms. The van der Waals surface area contributed by atoms with E-state index >= 15 is 0 Å². The molecule has 1 heterocycles. The summed E-state index contributed by atoms with van der Waals surface area (Å²) in [6.07, 6.45) is 2.20. The monoisotopic (exact) mass is 420 g/mol. The first-order chi connectivity index (χ1) is 8.56. The molecule has 2 aromatic rings. The van der Waals surface area contributed by atoms with E-state index in [4.69, 9.17) is 9.52 Å². The van der Waals surface area contributed by atoms with Crippen molar-refractivity contribution < 1.29 is 14.3 Å². The van der Waals surface area contributed by atoms with Crippen LogP contribution < -0.4 is 0 Å². The lowest BCUT2D eigenvalue weighted by Crippen LogP contribution is -1.85. The molecule has 0 saturated heterocycles. The summed E-state index contributed by atoms with van der Waals surface area (Å²) in [4.78, 5) is 10.4. The molecular formula is C11H6BrIN2O3. The molecular weight excluding hydrogens is 415 g/mol. The molecule has 0 unspecified atom stereocenters. The molecule has 0 saturated carbocycles. The Balaban J connectivity index is 2.35. The molecule has 0 amide bonds. The lowest BCUT2D eigenvalue weighted by atomic mass is 10.2. The highest BCUT2D eigenvalue weighted by molar-refractivity contribution is 14.1. The maximum Gasteiger partial charge on any atom is 0.328 e. The first-order valence-electron chi connectivity index (χ1n) is 4.76. The second kappa shape index (κ2) is 5.61. The first kappa shape index (κ1) is 13.2. The first-order valence-corrected chi connectivity index (χ1v) is 6.63. The molecule has 0 aliphatic heterocycles. The Morgan fingerprint density at radius 2 is 2.22 bits per heavy atom. The largest absolute Gasteiger partial charge is 0.478 e. The Morgan fingerprint density at radius 1 is 1.44 bits per heavy atom. The van der Waals surface area contributed by atoms with E-state index in [1.165, 1.54) is 6.08 Å². The molecule has 2 rings (SSSR count). The number of nitrogens with zero attached hydrogens (tertiary/aromatic N) is 2. The predicted octanol–water partition coefficient (Wildman–Crippen LogP) is 3.20. The third-order valence-corrected chi connectivity index (χ3v) is 3.40. The lowest BCUT2D eigenvalue weighted by molar-refractivity contribution is -0.131. The van der Waals surface area contributed by atoms with Crippen LogP contribution in [0.25, 0.3) is 17.5 Å². The van der Waals surface area contributed by atoms with Gasteiger partial charge in [-0.1, -0.05) is 15.9 Å². The molecule has 5 nitrogen and oxygen atoms in total. The second-order valence-corrected chi connectivity index (χ2v) is 5.32. The third kappa shape index (κ3) is 3.16.